The molecule has 2 aliphatic heterocycles. The highest BCUT2D eigenvalue weighted by Crippen LogP contribution is 2.24. The number of hydrogen-bond acceptors (Lipinski definition) is 4. The van der Waals surface area contributed by atoms with E-state index in [1.165, 1.54) is 4.90 Å². The first-order chi connectivity index (χ1) is 8.29. The van der Waals surface area contributed by atoms with Gasteiger partial charge in [0.05, 0.1) is 5.75 Å². The van der Waals surface area contributed by atoms with Crippen LogP contribution in [0.5, 0.6) is 0 Å². The van der Waals surface area contributed by atoms with Gasteiger partial charge in [0.1, 0.15) is 22.4 Å². The zero-order chi connectivity index (χ0) is 13.5. The molecule has 0 saturated carbocycles. The second-order valence-electron chi connectivity index (χ2n) is 5.15. The molecule has 2 amide bonds. The molecule has 2 saturated heterocycles. The Morgan fingerprint density at radius 3 is 2.67 bits per heavy atom. The molecule has 0 bridgehead atoms. The van der Waals surface area contributed by atoms with Gasteiger partial charge in [0.25, 0.3) is 0 Å². The highest BCUT2D eigenvalue weighted by molar-refractivity contribution is 7.90. The Morgan fingerprint density at radius 2 is 2.06 bits per heavy atom. The SMILES string of the molecule is CC(CS(C)(=O)=O)N1CC(=O)N2CCCC2C1=O. The molecule has 2 unspecified atom stereocenters. The van der Waals surface area contributed by atoms with Gasteiger partial charge in [-0.25, -0.2) is 8.42 Å². The van der Waals surface area contributed by atoms with Gasteiger partial charge in [-0.15, -0.1) is 0 Å². The van der Waals surface area contributed by atoms with E-state index < -0.39 is 15.9 Å². The quantitative estimate of drug-likeness (QED) is 0.679. The van der Waals surface area contributed by atoms with Gasteiger partial charge >= 0.3 is 0 Å². The molecular formula is C11H18N2O4S. The van der Waals surface area contributed by atoms with Crippen LogP contribution in [0.15, 0.2) is 0 Å². The lowest BCUT2D eigenvalue weighted by Gasteiger charge is -2.39. The summed E-state index contributed by atoms with van der Waals surface area (Å²) in [6.45, 7) is 2.33. The summed E-state index contributed by atoms with van der Waals surface area (Å²) in [6, 6.07) is -0.813. The van der Waals surface area contributed by atoms with Gasteiger partial charge < -0.3 is 9.80 Å². The van der Waals surface area contributed by atoms with E-state index in [0.29, 0.717) is 13.0 Å². The van der Waals surface area contributed by atoms with Gasteiger partial charge in [0, 0.05) is 18.8 Å². The molecule has 0 spiro atoms. The van der Waals surface area contributed by atoms with Crippen molar-refractivity contribution in [3.8, 4) is 0 Å². The summed E-state index contributed by atoms with van der Waals surface area (Å²) in [5.74, 6) is -0.278. The zero-order valence-corrected chi connectivity index (χ0v) is 11.4. The zero-order valence-electron chi connectivity index (χ0n) is 10.6. The third-order valence-corrected chi connectivity index (χ3v) is 4.61. The standard InChI is InChI=1S/C11H18N2O4S/c1-8(7-18(2,16)17)13-6-10(14)12-5-3-4-9(12)11(13)15/h8-9H,3-7H2,1-2H3. The first-order valence-electron chi connectivity index (χ1n) is 6.07. The van der Waals surface area contributed by atoms with E-state index in [1.807, 2.05) is 0 Å². The van der Waals surface area contributed by atoms with Crippen LogP contribution in [-0.2, 0) is 19.4 Å². The van der Waals surface area contributed by atoms with E-state index in [4.69, 9.17) is 0 Å². The summed E-state index contributed by atoms with van der Waals surface area (Å²) < 4.78 is 22.5. The summed E-state index contributed by atoms with van der Waals surface area (Å²) >= 11 is 0. The minimum Gasteiger partial charge on any atom is -0.329 e. The van der Waals surface area contributed by atoms with Crippen molar-refractivity contribution in [2.24, 2.45) is 0 Å². The summed E-state index contributed by atoms with van der Waals surface area (Å²) in [4.78, 5) is 27.1. The molecule has 2 fully saturated rings. The van der Waals surface area contributed by atoms with Crippen LogP contribution in [0, 0.1) is 0 Å². The fourth-order valence-corrected chi connectivity index (χ4v) is 3.79. The number of carbonyl (C=O) groups is 2. The van der Waals surface area contributed by atoms with Crippen molar-refractivity contribution in [2.45, 2.75) is 31.8 Å². The third-order valence-electron chi connectivity index (χ3n) is 3.52. The minimum atomic E-state index is -3.15. The lowest BCUT2D eigenvalue weighted by Crippen LogP contribution is -2.60. The molecular weight excluding hydrogens is 256 g/mol. The van der Waals surface area contributed by atoms with Crippen LogP contribution in [0.25, 0.3) is 0 Å². The summed E-state index contributed by atoms with van der Waals surface area (Å²) in [6.07, 6.45) is 2.67. The van der Waals surface area contributed by atoms with Gasteiger partial charge in [-0.05, 0) is 19.8 Å². The average Bonchev–Trinajstić information content (AvgIpc) is 2.70. The number of amides is 2. The Balaban J connectivity index is 2.14. The van der Waals surface area contributed by atoms with Crippen LogP contribution < -0.4 is 0 Å². The molecule has 7 heteroatoms. The molecule has 2 atom stereocenters. The summed E-state index contributed by atoms with van der Waals surface area (Å²) in [7, 11) is -3.15. The molecule has 18 heavy (non-hydrogen) atoms. The summed E-state index contributed by atoms with van der Waals surface area (Å²) in [5, 5.41) is 0. The van der Waals surface area contributed by atoms with Crippen molar-refractivity contribution in [2.75, 3.05) is 25.1 Å². The smallest absolute Gasteiger partial charge is 0.246 e. The van der Waals surface area contributed by atoms with E-state index in [-0.39, 0.29) is 30.2 Å². The molecule has 0 aromatic rings. The molecule has 2 rings (SSSR count). The fourth-order valence-electron chi connectivity index (χ4n) is 2.73. The van der Waals surface area contributed by atoms with E-state index in [2.05, 4.69) is 0 Å². The third kappa shape index (κ3) is 2.50. The number of rotatable bonds is 3. The van der Waals surface area contributed by atoms with Crippen LogP contribution in [0.2, 0.25) is 0 Å². The maximum absolute atomic E-state index is 12.2. The summed E-state index contributed by atoms with van der Waals surface area (Å²) in [5.41, 5.74) is 0. The maximum Gasteiger partial charge on any atom is 0.246 e. The predicted octanol–water partition coefficient (Wildman–Crippen LogP) is -0.747. The Hall–Kier alpha value is -1.11. The fraction of sp³-hybridized carbons (Fsp3) is 0.818. The normalized spacial score (nSPS) is 26.4. The highest BCUT2D eigenvalue weighted by atomic mass is 32.2. The Kier molecular flexibility index (Phi) is 3.35. The van der Waals surface area contributed by atoms with Crippen LogP contribution in [0.1, 0.15) is 19.8 Å². The van der Waals surface area contributed by atoms with Gasteiger partial charge in [0.15, 0.2) is 0 Å². The van der Waals surface area contributed by atoms with Gasteiger partial charge in [-0.3, -0.25) is 9.59 Å². The molecule has 2 aliphatic rings. The van der Waals surface area contributed by atoms with Gasteiger partial charge in [-0.1, -0.05) is 0 Å². The number of nitrogens with zero attached hydrogens (tertiary/aromatic N) is 2. The lowest BCUT2D eigenvalue weighted by atomic mass is 10.1. The Bertz CT molecular complexity index is 473. The van der Waals surface area contributed by atoms with Crippen molar-refractivity contribution in [1.29, 1.82) is 0 Å². The Morgan fingerprint density at radius 1 is 1.39 bits per heavy atom. The van der Waals surface area contributed by atoms with E-state index in [1.54, 1.807) is 11.8 Å². The molecule has 0 aromatic heterocycles. The Labute approximate surface area is 107 Å². The molecule has 0 radical (unpaired) electrons. The molecule has 6 nitrogen and oxygen atoms in total. The van der Waals surface area contributed by atoms with Gasteiger partial charge in [0.2, 0.25) is 11.8 Å². The minimum absolute atomic E-state index is 0.00597. The van der Waals surface area contributed by atoms with E-state index >= 15 is 0 Å². The molecule has 0 N–H and O–H groups in total. The van der Waals surface area contributed by atoms with Gasteiger partial charge in [-0.2, -0.15) is 0 Å². The van der Waals surface area contributed by atoms with E-state index in [9.17, 15) is 18.0 Å². The molecule has 0 aliphatic carbocycles. The van der Waals surface area contributed by atoms with Crippen molar-refractivity contribution < 1.29 is 18.0 Å². The topological polar surface area (TPSA) is 74.8 Å². The van der Waals surface area contributed by atoms with Crippen molar-refractivity contribution in [3.05, 3.63) is 0 Å². The van der Waals surface area contributed by atoms with Crippen molar-refractivity contribution in [1.82, 2.24) is 9.80 Å². The maximum atomic E-state index is 12.2. The monoisotopic (exact) mass is 274 g/mol. The van der Waals surface area contributed by atoms with Crippen LogP contribution >= 0.6 is 0 Å². The average molecular weight is 274 g/mol. The van der Waals surface area contributed by atoms with Crippen molar-refractivity contribution >= 4 is 21.7 Å². The molecule has 0 aromatic carbocycles. The number of carbonyl (C=O) groups excluding carboxylic acids is 2. The first-order valence-corrected chi connectivity index (χ1v) is 8.13. The molecule has 102 valence electrons. The predicted molar refractivity (Wildman–Crippen MR) is 65.6 cm³/mol. The highest BCUT2D eigenvalue weighted by Gasteiger charge is 2.43. The number of fused-ring (bicyclic) bond motifs is 1. The molecule has 2 heterocycles. The number of sulfone groups is 1. The first kappa shape index (κ1) is 13.3. The van der Waals surface area contributed by atoms with E-state index in [0.717, 1.165) is 12.7 Å². The lowest BCUT2D eigenvalue weighted by molar-refractivity contribution is -0.155. The number of piperazine rings is 1. The van der Waals surface area contributed by atoms with Crippen molar-refractivity contribution in [3.63, 3.8) is 0 Å². The largest absolute Gasteiger partial charge is 0.329 e. The van der Waals surface area contributed by atoms with Crippen LogP contribution in [0.4, 0.5) is 0 Å². The van der Waals surface area contributed by atoms with Crippen LogP contribution in [-0.4, -0.2) is 67.2 Å². The second kappa shape index (κ2) is 4.53. The second-order valence-corrected chi connectivity index (χ2v) is 7.34. The van der Waals surface area contributed by atoms with Crippen LogP contribution in [0.3, 0.4) is 0 Å². The number of hydrogen-bond donors (Lipinski definition) is 0.